The van der Waals surface area contributed by atoms with Crippen LogP contribution in [0.4, 0.5) is 0 Å². The maximum atomic E-state index is 11.5. The zero-order valence-electron chi connectivity index (χ0n) is 9.98. The minimum absolute atomic E-state index is 0.261. The Bertz CT molecular complexity index is 660. The molecule has 0 saturated carbocycles. The maximum Gasteiger partial charge on any atom is 0.276 e. The molecule has 2 aromatic rings. The van der Waals surface area contributed by atoms with E-state index in [1.807, 2.05) is 31.2 Å². The molecule has 0 atom stereocenters. The topological polar surface area (TPSA) is 52.0 Å². The molecule has 18 heavy (non-hydrogen) atoms. The summed E-state index contributed by atoms with van der Waals surface area (Å²) in [4.78, 5) is 22.6. The molecule has 0 unspecified atom stereocenters. The summed E-state index contributed by atoms with van der Waals surface area (Å²) in [5.74, 6) is 0. The molecule has 1 aromatic carbocycles. The number of nitrogens with zero attached hydrogens (tertiary/aromatic N) is 2. The van der Waals surface area contributed by atoms with Crippen LogP contribution < -0.4 is 5.43 Å². The number of aryl methyl sites for hydroxylation is 2. The normalized spacial score (nSPS) is 10.4. The summed E-state index contributed by atoms with van der Waals surface area (Å²) < 4.78 is 1.52. The van der Waals surface area contributed by atoms with Crippen molar-refractivity contribution in [3.8, 4) is 5.69 Å². The Kier molecular flexibility index (Phi) is 3.30. The van der Waals surface area contributed by atoms with Crippen LogP contribution in [0.15, 0.2) is 35.1 Å². The fraction of sp³-hybridized carbons (Fsp3) is 0.154. The molecule has 1 heterocycles. The summed E-state index contributed by atoms with van der Waals surface area (Å²) >= 11 is 5.33. The van der Waals surface area contributed by atoms with Gasteiger partial charge in [-0.1, -0.05) is 17.7 Å². The molecular formula is C13H11ClN2O2. The second-order valence-corrected chi connectivity index (χ2v) is 4.36. The molecule has 4 nitrogen and oxygen atoms in total. The van der Waals surface area contributed by atoms with Crippen LogP contribution in [0.25, 0.3) is 5.69 Å². The predicted molar refractivity (Wildman–Crippen MR) is 69.5 cm³/mol. The van der Waals surface area contributed by atoms with E-state index in [-0.39, 0.29) is 5.69 Å². The van der Waals surface area contributed by atoms with Crippen LogP contribution in [0.1, 0.15) is 21.7 Å². The lowest BCUT2D eigenvalue weighted by Crippen LogP contribution is -2.20. The summed E-state index contributed by atoms with van der Waals surface area (Å²) in [5, 5.41) is 3.15. The van der Waals surface area contributed by atoms with E-state index < -0.39 is 10.7 Å². The fourth-order valence-electron chi connectivity index (χ4n) is 1.63. The Morgan fingerprint density at radius 2 is 1.83 bits per heavy atom. The molecule has 0 radical (unpaired) electrons. The lowest BCUT2D eigenvalue weighted by Gasteiger charge is -2.10. The molecule has 0 amide bonds. The molecule has 0 aliphatic carbocycles. The van der Waals surface area contributed by atoms with Gasteiger partial charge in [-0.2, -0.15) is 5.10 Å². The first-order valence-corrected chi connectivity index (χ1v) is 5.74. The first-order chi connectivity index (χ1) is 8.49. The molecule has 2 rings (SSSR count). The van der Waals surface area contributed by atoms with Gasteiger partial charge < -0.3 is 0 Å². The zero-order valence-corrected chi connectivity index (χ0v) is 10.7. The van der Waals surface area contributed by atoms with E-state index in [2.05, 4.69) is 5.10 Å². The molecule has 0 fully saturated rings. The molecule has 92 valence electrons. The van der Waals surface area contributed by atoms with E-state index in [9.17, 15) is 9.59 Å². The van der Waals surface area contributed by atoms with Crippen molar-refractivity contribution < 1.29 is 4.79 Å². The number of benzene rings is 1. The summed E-state index contributed by atoms with van der Waals surface area (Å²) in [5.41, 5.74) is 1.81. The van der Waals surface area contributed by atoms with Crippen LogP contribution in [-0.4, -0.2) is 15.0 Å². The van der Waals surface area contributed by atoms with Gasteiger partial charge in [-0.05, 0) is 37.6 Å². The lowest BCUT2D eigenvalue weighted by atomic mass is 10.2. The van der Waals surface area contributed by atoms with Gasteiger partial charge in [0.1, 0.15) is 0 Å². The first kappa shape index (κ1) is 12.5. The van der Waals surface area contributed by atoms with Gasteiger partial charge in [0, 0.05) is 11.8 Å². The number of hydrogen-bond donors (Lipinski definition) is 0. The summed E-state index contributed by atoms with van der Waals surface area (Å²) in [6.45, 7) is 3.72. The Morgan fingerprint density at radius 3 is 2.39 bits per heavy atom. The third-order valence-corrected chi connectivity index (χ3v) is 2.75. The first-order valence-electron chi connectivity index (χ1n) is 5.37. The number of rotatable bonds is 2. The van der Waals surface area contributed by atoms with Crippen LogP contribution in [0.5, 0.6) is 0 Å². The van der Waals surface area contributed by atoms with Crippen molar-refractivity contribution in [2.75, 3.05) is 0 Å². The van der Waals surface area contributed by atoms with Crippen LogP contribution in [0.2, 0.25) is 0 Å². The highest BCUT2D eigenvalue weighted by Gasteiger charge is 2.12. The van der Waals surface area contributed by atoms with E-state index in [4.69, 9.17) is 11.6 Å². The quantitative estimate of drug-likeness (QED) is 0.780. The molecule has 0 spiro atoms. The standard InChI is InChI=1S/C13H11ClN2O2/c1-8-3-5-10(6-4-8)16-9(2)7-11(17)12(15-16)13(14)18/h3-7H,1-2H3. The minimum atomic E-state index is -0.846. The van der Waals surface area contributed by atoms with Crippen LogP contribution in [0, 0.1) is 13.8 Å². The monoisotopic (exact) mass is 262 g/mol. The highest BCUT2D eigenvalue weighted by Crippen LogP contribution is 2.10. The van der Waals surface area contributed by atoms with E-state index in [1.54, 1.807) is 6.92 Å². The number of hydrogen-bond acceptors (Lipinski definition) is 3. The van der Waals surface area contributed by atoms with Crippen LogP contribution in [-0.2, 0) is 0 Å². The van der Waals surface area contributed by atoms with E-state index in [0.717, 1.165) is 11.3 Å². The molecule has 0 saturated heterocycles. The Hall–Kier alpha value is -1.94. The molecule has 0 bridgehead atoms. The van der Waals surface area contributed by atoms with Crippen molar-refractivity contribution in [3.63, 3.8) is 0 Å². The average molecular weight is 263 g/mol. The number of halogens is 1. The summed E-state index contributed by atoms with van der Waals surface area (Å²) in [6.07, 6.45) is 0. The number of carbonyl (C=O) groups is 1. The second kappa shape index (κ2) is 4.74. The second-order valence-electron chi connectivity index (χ2n) is 4.02. The van der Waals surface area contributed by atoms with Crippen molar-refractivity contribution >= 4 is 16.8 Å². The largest absolute Gasteiger partial charge is 0.287 e. The van der Waals surface area contributed by atoms with Gasteiger partial charge in [-0.3, -0.25) is 9.59 Å². The maximum absolute atomic E-state index is 11.5. The highest BCUT2D eigenvalue weighted by atomic mass is 35.5. The van der Waals surface area contributed by atoms with Gasteiger partial charge in [0.2, 0.25) is 5.43 Å². The van der Waals surface area contributed by atoms with E-state index in [1.165, 1.54) is 10.7 Å². The van der Waals surface area contributed by atoms with Crippen molar-refractivity contribution in [1.82, 2.24) is 9.78 Å². The van der Waals surface area contributed by atoms with Crippen molar-refractivity contribution in [3.05, 3.63) is 57.5 Å². The Labute approximate surface area is 109 Å². The summed E-state index contributed by atoms with van der Waals surface area (Å²) in [6, 6.07) is 8.93. The molecule has 0 aliphatic heterocycles. The van der Waals surface area contributed by atoms with E-state index >= 15 is 0 Å². The van der Waals surface area contributed by atoms with Crippen molar-refractivity contribution in [2.24, 2.45) is 0 Å². The van der Waals surface area contributed by atoms with Gasteiger partial charge in [0.25, 0.3) is 5.24 Å². The Morgan fingerprint density at radius 1 is 1.22 bits per heavy atom. The van der Waals surface area contributed by atoms with E-state index in [0.29, 0.717) is 5.69 Å². The average Bonchev–Trinajstić information content (AvgIpc) is 2.30. The zero-order chi connectivity index (χ0) is 13.3. The predicted octanol–water partition coefficient (Wildman–Crippen LogP) is 2.23. The van der Waals surface area contributed by atoms with Gasteiger partial charge >= 0.3 is 0 Å². The number of carbonyl (C=O) groups excluding carboxylic acids is 1. The summed E-state index contributed by atoms with van der Waals surface area (Å²) in [7, 11) is 0. The van der Waals surface area contributed by atoms with Crippen molar-refractivity contribution in [1.29, 1.82) is 0 Å². The minimum Gasteiger partial charge on any atom is -0.287 e. The lowest BCUT2D eigenvalue weighted by molar-refractivity contribution is 0.107. The molecule has 0 aliphatic rings. The van der Waals surface area contributed by atoms with Gasteiger partial charge in [-0.15, -0.1) is 0 Å². The SMILES string of the molecule is Cc1ccc(-n2nc(C(=O)Cl)c(=O)cc2C)cc1. The molecule has 1 aromatic heterocycles. The van der Waals surface area contributed by atoms with Crippen LogP contribution in [0.3, 0.4) is 0 Å². The fourth-order valence-corrected chi connectivity index (χ4v) is 1.76. The molecule has 5 heteroatoms. The third kappa shape index (κ3) is 2.33. The van der Waals surface area contributed by atoms with Gasteiger partial charge in [-0.25, -0.2) is 4.68 Å². The van der Waals surface area contributed by atoms with Crippen LogP contribution >= 0.6 is 11.6 Å². The third-order valence-electron chi connectivity index (χ3n) is 2.57. The van der Waals surface area contributed by atoms with Gasteiger partial charge in [0.05, 0.1) is 5.69 Å². The molecule has 0 N–H and O–H groups in total. The number of aromatic nitrogens is 2. The van der Waals surface area contributed by atoms with Gasteiger partial charge in [0.15, 0.2) is 5.69 Å². The molecular weight excluding hydrogens is 252 g/mol. The Balaban J connectivity index is 2.64. The smallest absolute Gasteiger partial charge is 0.276 e. The highest BCUT2D eigenvalue weighted by molar-refractivity contribution is 6.67. The van der Waals surface area contributed by atoms with Crippen molar-refractivity contribution in [2.45, 2.75) is 13.8 Å².